The number of hydrogen-bond acceptors (Lipinski definition) is 5. The van der Waals surface area contributed by atoms with E-state index in [4.69, 9.17) is 4.74 Å². The van der Waals surface area contributed by atoms with E-state index in [1.807, 2.05) is 0 Å². The van der Waals surface area contributed by atoms with E-state index in [0.29, 0.717) is 17.0 Å². The Hall–Kier alpha value is -3.16. The van der Waals surface area contributed by atoms with Gasteiger partial charge in [0.25, 0.3) is 5.91 Å². The minimum Gasteiger partial charge on any atom is -0.497 e. The van der Waals surface area contributed by atoms with Crippen molar-refractivity contribution in [2.45, 2.75) is 38.1 Å². The van der Waals surface area contributed by atoms with E-state index in [-0.39, 0.29) is 24.2 Å². The summed E-state index contributed by atoms with van der Waals surface area (Å²) >= 11 is 0. The molecule has 148 valence electrons. The molecule has 28 heavy (non-hydrogen) atoms. The van der Waals surface area contributed by atoms with Crippen LogP contribution in [0.25, 0.3) is 11.3 Å². The van der Waals surface area contributed by atoms with Crippen LogP contribution in [0.2, 0.25) is 0 Å². The lowest BCUT2D eigenvalue weighted by molar-refractivity contribution is -0.121. The van der Waals surface area contributed by atoms with Crippen molar-refractivity contribution in [2.24, 2.45) is 0 Å². The third-order valence-electron chi connectivity index (χ3n) is 4.75. The molecule has 3 N–H and O–H groups in total. The first-order chi connectivity index (χ1) is 13.5. The van der Waals surface area contributed by atoms with Gasteiger partial charge in [-0.1, -0.05) is 19.3 Å². The van der Waals surface area contributed by atoms with Gasteiger partial charge in [0.05, 0.1) is 19.3 Å². The third-order valence-corrected chi connectivity index (χ3v) is 4.75. The molecule has 2 aromatic rings. The number of H-pyrrole nitrogens is 1. The number of benzene rings is 1. The molecule has 0 saturated heterocycles. The fourth-order valence-electron chi connectivity index (χ4n) is 3.27. The molecular formula is C20H24N4O4. The lowest BCUT2D eigenvalue weighted by atomic mass is 9.95. The normalized spacial score (nSPS) is 14.3. The van der Waals surface area contributed by atoms with E-state index in [1.165, 1.54) is 12.5 Å². The van der Waals surface area contributed by atoms with Gasteiger partial charge in [-0.05, 0) is 43.2 Å². The lowest BCUT2D eigenvalue weighted by Gasteiger charge is -2.22. The van der Waals surface area contributed by atoms with Crippen LogP contribution in [0.4, 0.5) is 0 Å². The highest BCUT2D eigenvalue weighted by Crippen LogP contribution is 2.20. The Morgan fingerprint density at radius 2 is 1.89 bits per heavy atom. The molecule has 1 aliphatic carbocycles. The quantitative estimate of drug-likeness (QED) is 0.700. The smallest absolute Gasteiger partial charge is 0.346 e. The van der Waals surface area contributed by atoms with Crippen LogP contribution >= 0.6 is 0 Å². The Kier molecular flexibility index (Phi) is 6.41. The number of methoxy groups -OCH3 is 1. The minimum absolute atomic E-state index is 0.0521. The average Bonchev–Trinajstić information content (AvgIpc) is 2.72. The molecule has 0 aliphatic heterocycles. The second-order valence-corrected chi connectivity index (χ2v) is 6.80. The minimum atomic E-state index is -0.634. The molecule has 2 amide bonds. The van der Waals surface area contributed by atoms with E-state index in [1.54, 1.807) is 31.4 Å². The van der Waals surface area contributed by atoms with Crippen molar-refractivity contribution >= 4 is 11.8 Å². The second-order valence-electron chi connectivity index (χ2n) is 6.80. The number of amides is 2. The first-order valence-electron chi connectivity index (χ1n) is 9.38. The van der Waals surface area contributed by atoms with Crippen LogP contribution in [0.15, 0.2) is 35.1 Å². The maximum Gasteiger partial charge on any atom is 0.346 e. The number of rotatable bonds is 6. The van der Waals surface area contributed by atoms with Gasteiger partial charge in [0.15, 0.2) is 0 Å². The monoisotopic (exact) mass is 384 g/mol. The molecule has 0 spiro atoms. The van der Waals surface area contributed by atoms with Crippen molar-refractivity contribution in [2.75, 3.05) is 13.7 Å². The molecule has 0 bridgehead atoms. The van der Waals surface area contributed by atoms with Crippen molar-refractivity contribution in [3.05, 3.63) is 46.5 Å². The van der Waals surface area contributed by atoms with Crippen LogP contribution in [-0.4, -0.2) is 41.5 Å². The molecule has 1 saturated carbocycles. The van der Waals surface area contributed by atoms with Gasteiger partial charge < -0.3 is 20.4 Å². The van der Waals surface area contributed by atoms with Crippen molar-refractivity contribution in [3.8, 4) is 17.0 Å². The number of nitrogens with one attached hydrogen (secondary N) is 3. The fraction of sp³-hybridized carbons (Fsp3) is 0.400. The van der Waals surface area contributed by atoms with Gasteiger partial charge in [0.2, 0.25) is 5.91 Å². The van der Waals surface area contributed by atoms with Crippen LogP contribution < -0.4 is 21.1 Å². The fourth-order valence-corrected chi connectivity index (χ4v) is 3.27. The van der Waals surface area contributed by atoms with Gasteiger partial charge in [0.1, 0.15) is 11.4 Å². The zero-order valence-corrected chi connectivity index (χ0v) is 15.8. The highest BCUT2D eigenvalue weighted by Gasteiger charge is 2.17. The van der Waals surface area contributed by atoms with Crippen molar-refractivity contribution in [3.63, 3.8) is 0 Å². The average molecular weight is 384 g/mol. The second kappa shape index (κ2) is 9.16. The van der Waals surface area contributed by atoms with E-state index < -0.39 is 11.6 Å². The van der Waals surface area contributed by atoms with Gasteiger partial charge >= 0.3 is 5.69 Å². The van der Waals surface area contributed by atoms with E-state index in [0.717, 1.165) is 25.7 Å². The Bertz CT molecular complexity index is 886. The Balaban J connectivity index is 1.63. The van der Waals surface area contributed by atoms with Crippen LogP contribution in [0.3, 0.4) is 0 Å². The molecule has 3 rings (SSSR count). The van der Waals surface area contributed by atoms with E-state index >= 15 is 0 Å². The SMILES string of the molecule is COc1ccc(-c2cc(C(=O)NCC(=O)NC3CCCCC3)[nH]c(=O)n2)cc1. The molecule has 8 nitrogen and oxygen atoms in total. The van der Waals surface area contributed by atoms with Crippen LogP contribution in [0.1, 0.15) is 42.6 Å². The summed E-state index contributed by atoms with van der Waals surface area (Å²) in [5.41, 5.74) is 0.459. The van der Waals surface area contributed by atoms with Crippen molar-refractivity contribution in [1.29, 1.82) is 0 Å². The lowest BCUT2D eigenvalue weighted by Crippen LogP contribution is -2.43. The molecule has 0 atom stereocenters. The number of carbonyl (C=O) groups is 2. The zero-order chi connectivity index (χ0) is 19.9. The maximum absolute atomic E-state index is 12.4. The largest absolute Gasteiger partial charge is 0.497 e. The highest BCUT2D eigenvalue weighted by atomic mass is 16.5. The third kappa shape index (κ3) is 5.18. The van der Waals surface area contributed by atoms with Crippen LogP contribution in [-0.2, 0) is 4.79 Å². The van der Waals surface area contributed by atoms with Crippen molar-refractivity contribution < 1.29 is 14.3 Å². The standard InChI is InChI=1S/C20H24N4O4/c1-28-15-9-7-13(8-10-15)16-11-17(24-20(27)23-16)19(26)21-12-18(25)22-14-5-3-2-4-6-14/h7-11,14H,2-6,12H2,1H3,(H,21,26)(H,22,25)(H,23,24,27). The summed E-state index contributed by atoms with van der Waals surface area (Å²) in [6.45, 7) is -0.141. The molecule has 1 fully saturated rings. The molecule has 0 radical (unpaired) electrons. The molecule has 8 heteroatoms. The number of aromatic amines is 1. The van der Waals surface area contributed by atoms with Gasteiger partial charge in [-0.25, -0.2) is 4.79 Å². The summed E-state index contributed by atoms with van der Waals surface area (Å²) in [7, 11) is 1.56. The van der Waals surface area contributed by atoms with E-state index in [2.05, 4.69) is 20.6 Å². The van der Waals surface area contributed by atoms with Gasteiger partial charge in [-0.2, -0.15) is 4.98 Å². The Morgan fingerprint density at radius 1 is 1.18 bits per heavy atom. The summed E-state index contributed by atoms with van der Waals surface area (Å²) in [5, 5.41) is 5.48. The maximum atomic E-state index is 12.4. The number of nitrogens with zero attached hydrogens (tertiary/aromatic N) is 1. The van der Waals surface area contributed by atoms with Crippen LogP contribution in [0.5, 0.6) is 5.75 Å². The summed E-state index contributed by atoms with van der Waals surface area (Å²) in [6, 6.07) is 8.65. The molecule has 1 aliphatic rings. The summed E-state index contributed by atoms with van der Waals surface area (Å²) < 4.78 is 5.11. The molecule has 1 heterocycles. The van der Waals surface area contributed by atoms with Gasteiger partial charge in [-0.15, -0.1) is 0 Å². The Labute approximate surface area is 162 Å². The number of carbonyl (C=O) groups excluding carboxylic acids is 2. The summed E-state index contributed by atoms with van der Waals surface area (Å²) in [5.74, 6) is -0.0874. The van der Waals surface area contributed by atoms with Gasteiger partial charge in [-0.3, -0.25) is 9.59 Å². The summed E-state index contributed by atoms with van der Waals surface area (Å²) in [4.78, 5) is 42.6. The molecule has 1 aromatic heterocycles. The highest BCUT2D eigenvalue weighted by molar-refractivity contribution is 5.95. The first kappa shape index (κ1) is 19.6. The summed E-state index contributed by atoms with van der Waals surface area (Å²) in [6.07, 6.45) is 5.38. The number of aromatic nitrogens is 2. The predicted molar refractivity (Wildman–Crippen MR) is 104 cm³/mol. The van der Waals surface area contributed by atoms with E-state index in [9.17, 15) is 14.4 Å². The molecule has 0 unspecified atom stereocenters. The van der Waals surface area contributed by atoms with Crippen molar-refractivity contribution in [1.82, 2.24) is 20.6 Å². The van der Waals surface area contributed by atoms with Gasteiger partial charge in [0, 0.05) is 11.6 Å². The topological polar surface area (TPSA) is 113 Å². The van der Waals surface area contributed by atoms with Crippen LogP contribution in [0, 0.1) is 0 Å². The molecular weight excluding hydrogens is 360 g/mol. The first-order valence-corrected chi connectivity index (χ1v) is 9.38. The number of hydrogen-bond donors (Lipinski definition) is 3. The zero-order valence-electron chi connectivity index (χ0n) is 15.8. The Morgan fingerprint density at radius 3 is 2.57 bits per heavy atom. The predicted octanol–water partition coefficient (Wildman–Crippen LogP) is 1.62. The molecule has 1 aromatic carbocycles. The number of ether oxygens (including phenoxy) is 1.